The van der Waals surface area contributed by atoms with E-state index in [0.717, 1.165) is 10.5 Å². The Morgan fingerprint density at radius 3 is 2.58 bits per heavy atom. The largest absolute Gasteiger partial charge is 0.324 e. The van der Waals surface area contributed by atoms with E-state index in [1.165, 1.54) is 17.3 Å². The molecule has 6 heteroatoms. The van der Waals surface area contributed by atoms with Gasteiger partial charge in [-0.15, -0.1) is 0 Å². The van der Waals surface area contributed by atoms with Crippen LogP contribution < -0.4 is 0 Å². The third-order valence-corrected chi connectivity index (χ3v) is 4.19. The summed E-state index contributed by atoms with van der Waals surface area (Å²) in [5, 5.41) is 15.8. The molecule has 0 aliphatic rings. The van der Waals surface area contributed by atoms with Crippen LogP contribution in [0.4, 0.5) is 5.69 Å². The molecule has 1 aromatic heterocycles. The Morgan fingerprint density at radius 1 is 1.32 bits per heavy atom. The van der Waals surface area contributed by atoms with Gasteiger partial charge in [-0.25, -0.2) is 0 Å². The number of benzene rings is 1. The first kappa shape index (κ1) is 13.6. The molecule has 0 spiro atoms. The van der Waals surface area contributed by atoms with Crippen LogP contribution in [0, 0.1) is 30.9 Å². The fraction of sp³-hybridized carbons (Fsp3) is 0.308. The molecule has 0 unspecified atom stereocenters. The predicted octanol–water partition coefficient (Wildman–Crippen LogP) is 3.40. The highest BCUT2D eigenvalue weighted by Gasteiger charge is 2.25. The zero-order valence-electron chi connectivity index (χ0n) is 11.3. The molecule has 1 heterocycles. The van der Waals surface area contributed by atoms with E-state index in [1.54, 1.807) is 18.7 Å². The van der Waals surface area contributed by atoms with E-state index in [2.05, 4.69) is 11.2 Å². The first-order valence-corrected chi connectivity index (χ1v) is 6.65. The van der Waals surface area contributed by atoms with Crippen LogP contribution in [0.25, 0.3) is 0 Å². The maximum Gasteiger partial charge on any atom is 0.324 e. The number of nitro groups is 1. The minimum absolute atomic E-state index is 0.0903. The second-order valence-electron chi connectivity index (χ2n) is 4.49. The molecule has 0 aliphatic carbocycles. The summed E-state index contributed by atoms with van der Waals surface area (Å²) >= 11 is 1.38. The van der Waals surface area contributed by atoms with Crippen molar-refractivity contribution < 1.29 is 4.92 Å². The Kier molecular flexibility index (Phi) is 3.61. The summed E-state index contributed by atoms with van der Waals surface area (Å²) < 4.78 is 1.57. The zero-order chi connectivity index (χ0) is 14.2. The zero-order valence-corrected chi connectivity index (χ0v) is 12.1. The van der Waals surface area contributed by atoms with Crippen LogP contribution in [0.15, 0.2) is 28.1 Å². The smallest absolute Gasteiger partial charge is 0.258 e. The van der Waals surface area contributed by atoms with E-state index in [1.807, 2.05) is 26.0 Å². The van der Waals surface area contributed by atoms with E-state index in [9.17, 15) is 10.1 Å². The molecule has 0 fully saturated rings. The molecule has 100 valence electrons. The summed E-state index contributed by atoms with van der Waals surface area (Å²) in [5.41, 5.74) is 2.82. The predicted molar refractivity (Wildman–Crippen MR) is 74.6 cm³/mol. The van der Waals surface area contributed by atoms with Crippen LogP contribution in [-0.2, 0) is 7.05 Å². The van der Waals surface area contributed by atoms with Gasteiger partial charge in [-0.05, 0) is 32.4 Å². The quantitative estimate of drug-likeness (QED) is 0.637. The van der Waals surface area contributed by atoms with Crippen LogP contribution in [-0.4, -0.2) is 14.7 Å². The van der Waals surface area contributed by atoms with Gasteiger partial charge in [0.15, 0.2) is 5.03 Å². The summed E-state index contributed by atoms with van der Waals surface area (Å²) in [5.74, 6) is 0. The lowest BCUT2D eigenvalue weighted by Crippen LogP contribution is -1.95. The second-order valence-corrected chi connectivity index (χ2v) is 5.52. The maximum absolute atomic E-state index is 11.1. The standard InChI is InChI=1S/C13H15N3O2S/c1-8-5-6-11(9(2)7-8)19-13-12(16(17)18)10(3)14-15(13)4/h5-7H,1-4H3. The number of aromatic nitrogens is 2. The Morgan fingerprint density at radius 2 is 2.00 bits per heavy atom. The van der Waals surface area contributed by atoms with Crippen molar-refractivity contribution in [3.05, 3.63) is 45.1 Å². The Balaban J connectivity index is 2.46. The lowest BCUT2D eigenvalue weighted by molar-refractivity contribution is -0.388. The van der Waals surface area contributed by atoms with E-state index in [4.69, 9.17) is 0 Å². The molecule has 0 amide bonds. The molecule has 19 heavy (non-hydrogen) atoms. The summed E-state index contributed by atoms with van der Waals surface area (Å²) in [6, 6.07) is 6.06. The molecule has 1 aromatic carbocycles. The summed E-state index contributed by atoms with van der Waals surface area (Å²) in [6.07, 6.45) is 0. The monoisotopic (exact) mass is 277 g/mol. The van der Waals surface area contributed by atoms with Gasteiger partial charge in [0, 0.05) is 11.9 Å². The van der Waals surface area contributed by atoms with Gasteiger partial charge < -0.3 is 0 Å². The number of aryl methyl sites for hydroxylation is 4. The average Bonchev–Trinajstić information content (AvgIpc) is 2.57. The van der Waals surface area contributed by atoms with E-state index in [-0.39, 0.29) is 10.6 Å². The fourth-order valence-electron chi connectivity index (χ4n) is 1.97. The van der Waals surface area contributed by atoms with Crippen molar-refractivity contribution in [2.75, 3.05) is 0 Å². The van der Waals surface area contributed by atoms with Gasteiger partial charge in [-0.1, -0.05) is 29.5 Å². The van der Waals surface area contributed by atoms with Crippen LogP contribution in [0.3, 0.4) is 0 Å². The van der Waals surface area contributed by atoms with Crippen molar-refractivity contribution in [2.45, 2.75) is 30.7 Å². The summed E-state index contributed by atoms with van der Waals surface area (Å²) in [4.78, 5) is 11.8. The fourth-order valence-corrected chi connectivity index (χ4v) is 3.02. The molecule has 0 saturated heterocycles. The van der Waals surface area contributed by atoms with Gasteiger partial charge in [-0.2, -0.15) is 5.10 Å². The minimum Gasteiger partial charge on any atom is -0.258 e. The lowest BCUT2D eigenvalue weighted by atomic mass is 10.2. The van der Waals surface area contributed by atoms with Crippen molar-refractivity contribution >= 4 is 17.4 Å². The normalized spacial score (nSPS) is 10.7. The number of rotatable bonds is 3. The first-order valence-electron chi connectivity index (χ1n) is 5.83. The topological polar surface area (TPSA) is 61.0 Å². The Bertz CT molecular complexity index is 650. The highest BCUT2D eigenvalue weighted by atomic mass is 32.2. The molecular formula is C13H15N3O2S. The third kappa shape index (κ3) is 2.63. The van der Waals surface area contributed by atoms with E-state index < -0.39 is 0 Å². The molecule has 2 aromatic rings. The van der Waals surface area contributed by atoms with Crippen molar-refractivity contribution in [3.8, 4) is 0 Å². The van der Waals surface area contributed by atoms with Crippen LogP contribution >= 0.6 is 11.8 Å². The van der Waals surface area contributed by atoms with Crippen LogP contribution in [0.5, 0.6) is 0 Å². The SMILES string of the molecule is Cc1ccc(Sc2c([N+](=O)[O-])c(C)nn2C)c(C)c1. The van der Waals surface area contributed by atoms with Crippen molar-refractivity contribution in [1.29, 1.82) is 0 Å². The highest BCUT2D eigenvalue weighted by molar-refractivity contribution is 7.99. The van der Waals surface area contributed by atoms with Crippen molar-refractivity contribution in [3.63, 3.8) is 0 Å². The van der Waals surface area contributed by atoms with Crippen molar-refractivity contribution in [1.82, 2.24) is 9.78 Å². The summed E-state index contributed by atoms with van der Waals surface area (Å²) in [6.45, 7) is 5.69. The van der Waals surface area contributed by atoms with Crippen molar-refractivity contribution in [2.24, 2.45) is 7.05 Å². The van der Waals surface area contributed by atoms with Crippen LogP contribution in [0.1, 0.15) is 16.8 Å². The van der Waals surface area contributed by atoms with E-state index >= 15 is 0 Å². The molecule has 0 N–H and O–H groups in total. The number of hydrogen-bond acceptors (Lipinski definition) is 4. The average molecular weight is 277 g/mol. The van der Waals surface area contributed by atoms with Crippen LogP contribution in [0.2, 0.25) is 0 Å². The lowest BCUT2D eigenvalue weighted by Gasteiger charge is -2.06. The summed E-state index contributed by atoms with van der Waals surface area (Å²) in [7, 11) is 1.73. The molecule has 2 rings (SSSR count). The molecule has 0 radical (unpaired) electrons. The molecule has 0 atom stereocenters. The van der Waals surface area contributed by atoms with Gasteiger partial charge in [0.1, 0.15) is 5.69 Å². The Labute approximate surface area is 115 Å². The molecule has 5 nitrogen and oxygen atoms in total. The maximum atomic E-state index is 11.1. The molecular weight excluding hydrogens is 262 g/mol. The second kappa shape index (κ2) is 5.05. The van der Waals surface area contributed by atoms with Gasteiger partial charge >= 0.3 is 5.69 Å². The van der Waals surface area contributed by atoms with Gasteiger partial charge in [0.25, 0.3) is 0 Å². The van der Waals surface area contributed by atoms with Gasteiger partial charge in [-0.3, -0.25) is 14.8 Å². The number of hydrogen-bond donors (Lipinski definition) is 0. The highest BCUT2D eigenvalue weighted by Crippen LogP contribution is 2.37. The van der Waals surface area contributed by atoms with Gasteiger partial charge in [0.05, 0.1) is 4.92 Å². The first-order chi connectivity index (χ1) is 8.90. The minimum atomic E-state index is -0.367. The molecule has 0 bridgehead atoms. The van der Waals surface area contributed by atoms with E-state index in [0.29, 0.717) is 10.7 Å². The Hall–Kier alpha value is -1.82. The molecule has 0 aliphatic heterocycles. The molecule has 0 saturated carbocycles. The third-order valence-electron chi connectivity index (χ3n) is 2.86. The number of nitrogens with zero attached hydrogens (tertiary/aromatic N) is 3. The van der Waals surface area contributed by atoms with Gasteiger partial charge in [0.2, 0.25) is 0 Å².